The zero-order valence-electron chi connectivity index (χ0n) is 15.7. The van der Waals surface area contributed by atoms with Crippen molar-refractivity contribution >= 4 is 5.91 Å². The molecule has 1 saturated heterocycles. The Kier molecular flexibility index (Phi) is 5.06. The largest absolute Gasteiger partial charge is 0.484 e. The average Bonchev–Trinajstić information content (AvgIpc) is 3.25. The van der Waals surface area contributed by atoms with E-state index >= 15 is 0 Å². The van der Waals surface area contributed by atoms with Crippen molar-refractivity contribution in [2.24, 2.45) is 0 Å². The Hall–Kier alpha value is -3.22. The van der Waals surface area contributed by atoms with E-state index in [1.165, 1.54) is 0 Å². The highest BCUT2D eigenvalue weighted by Crippen LogP contribution is 2.33. The number of pyridine rings is 1. The standard InChI is InChI=1S/C21H22N4O3/c1-21(20-23-19(28-24-20)16-8-11-22-12-9-16)10-5-13-25(15-21)18(26)14-27-17-6-3-2-4-7-17/h2-4,6-9,11-12H,5,10,13-15H2,1H3. The average molecular weight is 378 g/mol. The van der Waals surface area contributed by atoms with E-state index in [9.17, 15) is 4.79 Å². The fraction of sp³-hybridized carbons (Fsp3) is 0.333. The second-order valence-corrected chi connectivity index (χ2v) is 7.24. The number of hydrogen-bond donors (Lipinski definition) is 0. The van der Waals surface area contributed by atoms with Gasteiger partial charge in [0.1, 0.15) is 5.75 Å². The van der Waals surface area contributed by atoms with E-state index in [2.05, 4.69) is 22.0 Å². The number of benzene rings is 1. The number of likely N-dealkylation sites (tertiary alicyclic amines) is 1. The molecule has 0 spiro atoms. The highest BCUT2D eigenvalue weighted by molar-refractivity contribution is 5.78. The van der Waals surface area contributed by atoms with E-state index in [0.717, 1.165) is 18.4 Å². The van der Waals surface area contributed by atoms with Gasteiger partial charge in [0.15, 0.2) is 12.4 Å². The van der Waals surface area contributed by atoms with Crippen molar-refractivity contribution in [3.63, 3.8) is 0 Å². The summed E-state index contributed by atoms with van der Waals surface area (Å²) in [5, 5.41) is 4.20. The zero-order chi connectivity index (χ0) is 19.4. The van der Waals surface area contributed by atoms with Crippen molar-refractivity contribution in [1.82, 2.24) is 20.0 Å². The first-order valence-corrected chi connectivity index (χ1v) is 9.34. The summed E-state index contributed by atoms with van der Waals surface area (Å²) < 4.78 is 11.1. The highest BCUT2D eigenvalue weighted by atomic mass is 16.5. The molecule has 144 valence electrons. The Balaban J connectivity index is 1.44. The molecule has 3 aromatic rings. The first kappa shape index (κ1) is 18.2. The summed E-state index contributed by atoms with van der Waals surface area (Å²) >= 11 is 0. The molecule has 4 rings (SSSR count). The van der Waals surface area contributed by atoms with Crippen LogP contribution in [0, 0.1) is 0 Å². The quantitative estimate of drug-likeness (QED) is 0.679. The molecule has 2 aromatic heterocycles. The lowest BCUT2D eigenvalue weighted by molar-refractivity contribution is -0.135. The highest BCUT2D eigenvalue weighted by Gasteiger charge is 2.38. The summed E-state index contributed by atoms with van der Waals surface area (Å²) in [5.74, 6) is 1.75. The smallest absolute Gasteiger partial charge is 0.260 e. The van der Waals surface area contributed by atoms with Crippen LogP contribution in [-0.4, -0.2) is 45.6 Å². The van der Waals surface area contributed by atoms with Crippen molar-refractivity contribution in [3.05, 3.63) is 60.7 Å². The summed E-state index contributed by atoms with van der Waals surface area (Å²) in [5.41, 5.74) is 0.479. The van der Waals surface area contributed by atoms with Crippen LogP contribution in [0.2, 0.25) is 0 Å². The zero-order valence-corrected chi connectivity index (χ0v) is 15.7. The number of aromatic nitrogens is 3. The summed E-state index contributed by atoms with van der Waals surface area (Å²) in [6.07, 6.45) is 5.15. The molecule has 3 heterocycles. The van der Waals surface area contributed by atoms with Crippen LogP contribution in [0.4, 0.5) is 0 Å². The monoisotopic (exact) mass is 378 g/mol. The maximum atomic E-state index is 12.6. The molecule has 1 fully saturated rings. The SMILES string of the molecule is CC1(c2noc(-c3ccncc3)n2)CCCN(C(=O)COc2ccccc2)C1. The molecule has 0 radical (unpaired) electrons. The minimum atomic E-state index is -0.352. The van der Waals surface area contributed by atoms with Crippen LogP contribution in [0.15, 0.2) is 59.4 Å². The van der Waals surface area contributed by atoms with Crippen LogP contribution in [-0.2, 0) is 10.2 Å². The lowest BCUT2D eigenvalue weighted by Crippen LogP contribution is -2.48. The van der Waals surface area contributed by atoms with Crippen LogP contribution in [0.1, 0.15) is 25.6 Å². The van der Waals surface area contributed by atoms with Crippen LogP contribution < -0.4 is 4.74 Å². The molecule has 1 aliphatic rings. The maximum Gasteiger partial charge on any atom is 0.260 e. The molecule has 0 bridgehead atoms. The first-order valence-electron chi connectivity index (χ1n) is 9.34. The van der Waals surface area contributed by atoms with Gasteiger partial charge in [-0.1, -0.05) is 30.3 Å². The predicted octanol–water partition coefficient (Wildman–Crippen LogP) is 3.09. The minimum Gasteiger partial charge on any atom is -0.484 e. The van der Waals surface area contributed by atoms with Crippen molar-refractivity contribution in [2.45, 2.75) is 25.2 Å². The molecule has 28 heavy (non-hydrogen) atoms. The van der Waals surface area contributed by atoms with E-state index in [1.54, 1.807) is 12.4 Å². The summed E-state index contributed by atoms with van der Waals surface area (Å²) in [6.45, 7) is 3.35. The third kappa shape index (κ3) is 3.88. The minimum absolute atomic E-state index is 0.0224. The predicted molar refractivity (Wildman–Crippen MR) is 103 cm³/mol. The number of amides is 1. The van der Waals surface area contributed by atoms with Gasteiger partial charge in [-0.15, -0.1) is 0 Å². The first-order chi connectivity index (χ1) is 13.6. The fourth-order valence-electron chi connectivity index (χ4n) is 3.47. The topological polar surface area (TPSA) is 81.4 Å². The van der Waals surface area contributed by atoms with Crippen LogP contribution in [0.25, 0.3) is 11.5 Å². The fourth-order valence-corrected chi connectivity index (χ4v) is 3.47. The van der Waals surface area contributed by atoms with Crippen molar-refractivity contribution in [1.29, 1.82) is 0 Å². The summed E-state index contributed by atoms with van der Waals surface area (Å²) in [6, 6.07) is 13.0. The normalized spacial score (nSPS) is 19.4. The molecule has 1 aliphatic heterocycles. The van der Waals surface area contributed by atoms with Gasteiger partial charge in [0.25, 0.3) is 11.8 Å². The molecule has 0 N–H and O–H groups in total. The Labute approximate surface area is 163 Å². The van der Waals surface area contributed by atoms with Crippen molar-refractivity contribution in [2.75, 3.05) is 19.7 Å². The Bertz CT molecular complexity index is 929. The van der Waals surface area contributed by atoms with Crippen LogP contribution in [0.3, 0.4) is 0 Å². The van der Waals surface area contributed by atoms with Gasteiger partial charge in [-0.2, -0.15) is 4.98 Å². The lowest BCUT2D eigenvalue weighted by Gasteiger charge is -2.38. The third-order valence-corrected chi connectivity index (χ3v) is 5.05. The molecular weight excluding hydrogens is 356 g/mol. The number of hydrogen-bond acceptors (Lipinski definition) is 6. The van der Waals surface area contributed by atoms with Gasteiger partial charge >= 0.3 is 0 Å². The molecule has 0 saturated carbocycles. The Morgan fingerprint density at radius 2 is 2.00 bits per heavy atom. The molecule has 1 aromatic carbocycles. The van der Waals surface area contributed by atoms with Gasteiger partial charge in [-0.05, 0) is 37.1 Å². The van der Waals surface area contributed by atoms with E-state index in [1.807, 2.05) is 47.4 Å². The van der Waals surface area contributed by atoms with E-state index in [4.69, 9.17) is 9.26 Å². The maximum absolute atomic E-state index is 12.6. The number of piperidine rings is 1. The Morgan fingerprint density at radius 1 is 1.21 bits per heavy atom. The molecular formula is C21H22N4O3. The van der Waals surface area contributed by atoms with Gasteiger partial charge in [0, 0.05) is 36.5 Å². The van der Waals surface area contributed by atoms with Crippen LogP contribution in [0.5, 0.6) is 5.75 Å². The third-order valence-electron chi connectivity index (χ3n) is 5.05. The second kappa shape index (κ2) is 7.80. The van der Waals surface area contributed by atoms with Gasteiger partial charge in [0.05, 0.1) is 0 Å². The van der Waals surface area contributed by atoms with E-state index < -0.39 is 0 Å². The van der Waals surface area contributed by atoms with Gasteiger partial charge in [-0.25, -0.2) is 0 Å². The number of ether oxygens (including phenoxy) is 1. The molecule has 7 heteroatoms. The van der Waals surface area contributed by atoms with Crippen molar-refractivity contribution < 1.29 is 14.1 Å². The number of carbonyl (C=O) groups is 1. The van der Waals surface area contributed by atoms with Gasteiger partial charge < -0.3 is 14.2 Å². The number of nitrogens with zero attached hydrogens (tertiary/aromatic N) is 4. The molecule has 1 unspecified atom stereocenters. The summed E-state index contributed by atoms with van der Waals surface area (Å²) in [7, 11) is 0. The number of para-hydroxylation sites is 1. The van der Waals surface area contributed by atoms with E-state index in [0.29, 0.717) is 30.6 Å². The molecule has 0 aliphatic carbocycles. The number of carbonyl (C=O) groups excluding carboxylic acids is 1. The van der Waals surface area contributed by atoms with E-state index in [-0.39, 0.29) is 17.9 Å². The molecule has 7 nitrogen and oxygen atoms in total. The molecule has 1 amide bonds. The summed E-state index contributed by atoms with van der Waals surface area (Å²) in [4.78, 5) is 23.1. The Morgan fingerprint density at radius 3 is 2.79 bits per heavy atom. The van der Waals surface area contributed by atoms with Crippen LogP contribution >= 0.6 is 0 Å². The second-order valence-electron chi connectivity index (χ2n) is 7.24. The molecule has 1 atom stereocenters. The van der Waals surface area contributed by atoms with Gasteiger partial charge in [0.2, 0.25) is 0 Å². The number of rotatable bonds is 5. The lowest BCUT2D eigenvalue weighted by atomic mass is 9.81. The van der Waals surface area contributed by atoms with Crippen molar-refractivity contribution in [3.8, 4) is 17.2 Å². The van der Waals surface area contributed by atoms with Gasteiger partial charge in [-0.3, -0.25) is 9.78 Å².